The second-order valence-electron chi connectivity index (χ2n) is 5.79. The predicted molar refractivity (Wildman–Crippen MR) is 90.4 cm³/mol. The lowest BCUT2D eigenvalue weighted by Crippen LogP contribution is -2.04. The Hall–Kier alpha value is -3.03. The van der Waals surface area contributed by atoms with Gasteiger partial charge in [-0.1, -0.05) is 12.1 Å². The quantitative estimate of drug-likeness (QED) is 0.573. The highest BCUT2D eigenvalue weighted by Gasteiger charge is 2.30. The van der Waals surface area contributed by atoms with Crippen molar-refractivity contribution >= 4 is 27.9 Å². The number of fused-ring (bicyclic) bond motifs is 3. The van der Waals surface area contributed by atoms with Crippen LogP contribution in [0.5, 0.6) is 0 Å². The minimum Gasteiger partial charge on any atom is -0.371 e. The minimum absolute atomic E-state index is 0.453. The van der Waals surface area contributed by atoms with Crippen molar-refractivity contribution < 1.29 is 13.2 Å². The van der Waals surface area contributed by atoms with Gasteiger partial charge >= 0.3 is 6.18 Å². The fourth-order valence-electron chi connectivity index (χ4n) is 2.99. The van der Waals surface area contributed by atoms with Gasteiger partial charge in [-0.25, -0.2) is 9.97 Å². The first kappa shape index (κ1) is 15.5. The average molecular weight is 345 g/mol. The van der Waals surface area contributed by atoms with Crippen LogP contribution in [-0.2, 0) is 13.2 Å². The molecule has 0 atom stereocenters. The Morgan fingerprint density at radius 3 is 2.72 bits per heavy atom. The molecule has 8 heteroatoms. The standard InChI is InChI=1S/C17H14F3N5/c1-21-16-13-14(25(2)8-22-13)11-7-12(23-15(11)24-16)9-4-3-5-10(6-9)17(18,19)20/h3-8H,1-2H3,(H2,21,23,24). The SMILES string of the molecule is CNc1nc2[nH]c(-c3cccc(C(F)(F)F)c3)cc2c2c1ncn2C. The molecule has 0 saturated heterocycles. The van der Waals surface area contributed by atoms with E-state index in [0.717, 1.165) is 23.0 Å². The molecule has 5 nitrogen and oxygen atoms in total. The number of hydrogen-bond donors (Lipinski definition) is 2. The van der Waals surface area contributed by atoms with Crippen molar-refractivity contribution in [1.82, 2.24) is 19.5 Å². The van der Waals surface area contributed by atoms with Crippen LogP contribution in [0.3, 0.4) is 0 Å². The van der Waals surface area contributed by atoms with E-state index in [2.05, 4.69) is 20.3 Å². The van der Waals surface area contributed by atoms with Gasteiger partial charge in [0.2, 0.25) is 0 Å². The molecule has 0 radical (unpaired) electrons. The summed E-state index contributed by atoms with van der Waals surface area (Å²) < 4.78 is 40.8. The first-order valence-corrected chi connectivity index (χ1v) is 7.57. The molecule has 4 aromatic rings. The Morgan fingerprint density at radius 1 is 1.20 bits per heavy atom. The molecule has 0 unspecified atom stereocenters. The molecule has 0 bridgehead atoms. The van der Waals surface area contributed by atoms with Crippen molar-refractivity contribution in [2.75, 3.05) is 12.4 Å². The van der Waals surface area contributed by atoms with E-state index in [0.29, 0.717) is 28.2 Å². The number of aromatic nitrogens is 4. The van der Waals surface area contributed by atoms with Crippen molar-refractivity contribution in [1.29, 1.82) is 0 Å². The summed E-state index contributed by atoms with van der Waals surface area (Å²) in [4.78, 5) is 11.9. The fraction of sp³-hybridized carbons (Fsp3) is 0.176. The second kappa shape index (κ2) is 5.23. The number of rotatable bonds is 2. The van der Waals surface area contributed by atoms with E-state index in [-0.39, 0.29) is 0 Å². The number of nitrogens with zero attached hydrogens (tertiary/aromatic N) is 3. The van der Waals surface area contributed by atoms with Crippen LogP contribution in [0.2, 0.25) is 0 Å². The number of imidazole rings is 1. The van der Waals surface area contributed by atoms with Gasteiger partial charge in [0.15, 0.2) is 5.82 Å². The van der Waals surface area contributed by atoms with E-state index in [9.17, 15) is 13.2 Å². The minimum atomic E-state index is -4.38. The number of pyridine rings is 1. The molecule has 2 N–H and O–H groups in total. The molecule has 0 saturated carbocycles. The van der Waals surface area contributed by atoms with Gasteiger partial charge in [0, 0.05) is 25.2 Å². The van der Waals surface area contributed by atoms with Gasteiger partial charge in [0.1, 0.15) is 11.2 Å². The van der Waals surface area contributed by atoms with Crippen molar-refractivity contribution in [2.45, 2.75) is 6.18 Å². The molecule has 4 rings (SSSR count). The van der Waals surface area contributed by atoms with E-state index in [1.165, 1.54) is 6.07 Å². The third-order valence-corrected chi connectivity index (χ3v) is 4.17. The van der Waals surface area contributed by atoms with Crippen LogP contribution >= 0.6 is 0 Å². The number of hydrogen-bond acceptors (Lipinski definition) is 3. The number of alkyl halides is 3. The Kier molecular flexibility index (Phi) is 3.24. The number of halogens is 3. The van der Waals surface area contributed by atoms with Crippen LogP contribution < -0.4 is 5.32 Å². The molecule has 3 heterocycles. The summed E-state index contributed by atoms with van der Waals surface area (Å²) in [5, 5.41) is 3.80. The molecule has 128 valence electrons. The first-order valence-electron chi connectivity index (χ1n) is 7.57. The van der Waals surface area contributed by atoms with Gasteiger partial charge in [-0.05, 0) is 23.8 Å². The summed E-state index contributed by atoms with van der Waals surface area (Å²) in [6.45, 7) is 0. The Morgan fingerprint density at radius 2 is 2.00 bits per heavy atom. The fourth-order valence-corrected chi connectivity index (χ4v) is 2.99. The highest BCUT2D eigenvalue weighted by atomic mass is 19.4. The lowest BCUT2D eigenvalue weighted by molar-refractivity contribution is -0.137. The smallest absolute Gasteiger partial charge is 0.371 e. The van der Waals surface area contributed by atoms with E-state index < -0.39 is 11.7 Å². The highest BCUT2D eigenvalue weighted by molar-refractivity contribution is 6.07. The van der Waals surface area contributed by atoms with Gasteiger partial charge in [0.05, 0.1) is 17.4 Å². The van der Waals surface area contributed by atoms with Gasteiger partial charge in [-0.15, -0.1) is 0 Å². The van der Waals surface area contributed by atoms with Crippen molar-refractivity contribution in [3.63, 3.8) is 0 Å². The molecule has 0 aliphatic carbocycles. The molecule has 25 heavy (non-hydrogen) atoms. The summed E-state index contributed by atoms with van der Waals surface area (Å²) in [7, 11) is 3.62. The summed E-state index contributed by atoms with van der Waals surface area (Å²) in [6.07, 6.45) is -2.70. The number of benzene rings is 1. The number of aryl methyl sites for hydroxylation is 1. The van der Waals surface area contributed by atoms with Crippen LogP contribution in [0.4, 0.5) is 19.0 Å². The first-order chi connectivity index (χ1) is 11.9. The average Bonchev–Trinajstić information content (AvgIpc) is 3.17. The maximum Gasteiger partial charge on any atom is 0.416 e. The summed E-state index contributed by atoms with van der Waals surface area (Å²) in [5.41, 5.74) is 2.51. The molecule has 3 aromatic heterocycles. The van der Waals surface area contributed by atoms with Crippen LogP contribution in [0.15, 0.2) is 36.7 Å². The second-order valence-corrected chi connectivity index (χ2v) is 5.79. The van der Waals surface area contributed by atoms with Crippen molar-refractivity contribution in [3.8, 4) is 11.3 Å². The zero-order chi connectivity index (χ0) is 17.8. The topological polar surface area (TPSA) is 58.5 Å². The highest BCUT2D eigenvalue weighted by Crippen LogP contribution is 2.34. The van der Waals surface area contributed by atoms with E-state index >= 15 is 0 Å². The number of nitrogens with one attached hydrogen (secondary N) is 2. The lowest BCUT2D eigenvalue weighted by Gasteiger charge is -2.07. The van der Waals surface area contributed by atoms with Crippen molar-refractivity contribution in [2.24, 2.45) is 7.05 Å². The maximum atomic E-state index is 13.0. The maximum absolute atomic E-state index is 13.0. The molecule has 0 aliphatic heterocycles. The zero-order valence-electron chi connectivity index (χ0n) is 13.4. The number of aromatic amines is 1. The van der Waals surface area contributed by atoms with Gasteiger partial charge in [0.25, 0.3) is 0 Å². The molecule has 0 aliphatic rings. The van der Waals surface area contributed by atoms with Gasteiger partial charge in [-0.3, -0.25) is 0 Å². The molecular formula is C17H14F3N5. The van der Waals surface area contributed by atoms with Crippen LogP contribution in [0, 0.1) is 0 Å². The van der Waals surface area contributed by atoms with E-state index in [1.54, 1.807) is 25.5 Å². The summed E-state index contributed by atoms with van der Waals surface area (Å²) >= 11 is 0. The zero-order valence-corrected chi connectivity index (χ0v) is 13.4. The summed E-state index contributed by atoms with van der Waals surface area (Å²) in [5.74, 6) is 0.612. The monoisotopic (exact) mass is 345 g/mol. The largest absolute Gasteiger partial charge is 0.416 e. The number of anilines is 1. The lowest BCUT2D eigenvalue weighted by atomic mass is 10.1. The van der Waals surface area contributed by atoms with E-state index in [1.807, 2.05) is 11.6 Å². The normalized spacial score (nSPS) is 12.2. The van der Waals surface area contributed by atoms with Gasteiger partial charge < -0.3 is 14.9 Å². The molecule has 1 aromatic carbocycles. The number of H-pyrrole nitrogens is 1. The third kappa shape index (κ3) is 2.41. The molecule has 0 spiro atoms. The van der Waals surface area contributed by atoms with E-state index in [4.69, 9.17) is 0 Å². The predicted octanol–water partition coefficient (Wildman–Crippen LogP) is 4.18. The summed E-state index contributed by atoms with van der Waals surface area (Å²) in [6, 6.07) is 7.03. The third-order valence-electron chi connectivity index (χ3n) is 4.17. The Labute approximate surface area is 140 Å². The van der Waals surface area contributed by atoms with Gasteiger partial charge in [-0.2, -0.15) is 13.2 Å². The Bertz CT molecular complexity index is 1090. The molecular weight excluding hydrogens is 331 g/mol. The van der Waals surface area contributed by atoms with Crippen LogP contribution in [-0.4, -0.2) is 26.6 Å². The molecule has 0 fully saturated rings. The van der Waals surface area contributed by atoms with Crippen molar-refractivity contribution in [3.05, 3.63) is 42.2 Å². The Balaban J connectivity index is 1.96. The molecule has 0 amide bonds. The van der Waals surface area contributed by atoms with Crippen LogP contribution in [0.25, 0.3) is 33.3 Å². The van der Waals surface area contributed by atoms with Crippen LogP contribution in [0.1, 0.15) is 5.56 Å².